The number of halogens is 2. The molecule has 1 aromatic carbocycles. The van der Waals surface area contributed by atoms with E-state index in [4.69, 9.17) is 9.47 Å². The van der Waals surface area contributed by atoms with E-state index in [0.717, 1.165) is 31.6 Å². The lowest BCUT2D eigenvalue weighted by atomic mass is 9.54. The Morgan fingerprint density at radius 2 is 1.53 bits per heavy atom. The monoisotopic (exact) mass is 450 g/mol. The van der Waals surface area contributed by atoms with Gasteiger partial charge < -0.3 is 9.47 Å². The van der Waals surface area contributed by atoms with Crippen LogP contribution < -0.4 is 9.47 Å². The van der Waals surface area contributed by atoms with E-state index in [1.54, 1.807) is 0 Å². The Morgan fingerprint density at radius 3 is 2.09 bits per heavy atom. The van der Waals surface area contributed by atoms with Crippen LogP contribution in [0.3, 0.4) is 0 Å². The summed E-state index contributed by atoms with van der Waals surface area (Å²) in [6, 6.07) is 2.55. The van der Waals surface area contributed by atoms with Crippen molar-refractivity contribution in [1.82, 2.24) is 0 Å². The quantitative estimate of drug-likeness (QED) is 0.284. The summed E-state index contributed by atoms with van der Waals surface area (Å²) in [4.78, 5) is 12.7. The largest absolute Gasteiger partial charge is 0.494 e. The van der Waals surface area contributed by atoms with E-state index in [1.165, 1.54) is 77.0 Å². The van der Waals surface area contributed by atoms with Crippen LogP contribution >= 0.6 is 0 Å². The lowest BCUT2D eigenvalue weighted by Crippen LogP contribution is -2.42. The first-order valence-corrected chi connectivity index (χ1v) is 12.7. The third kappa shape index (κ3) is 5.28. The molecule has 32 heavy (non-hydrogen) atoms. The number of rotatable bonds is 9. The predicted octanol–water partition coefficient (Wildman–Crippen LogP) is 7.85. The van der Waals surface area contributed by atoms with E-state index in [9.17, 15) is 13.6 Å². The molecule has 0 unspecified atom stereocenters. The van der Waals surface area contributed by atoms with Crippen LogP contribution in [0.1, 0.15) is 97.3 Å². The van der Waals surface area contributed by atoms with Crippen molar-refractivity contribution in [3.8, 4) is 11.5 Å². The first-order chi connectivity index (χ1) is 15.5. The summed E-state index contributed by atoms with van der Waals surface area (Å²) in [6.07, 6.45) is 15.3. The average Bonchev–Trinajstić information content (AvgIpc) is 2.82. The molecule has 1 aromatic rings. The standard InChI is InChI=1S/C27H40F2O3/c1-4-9-20(10-5-2)27(17-7-6-8-18-27)21-13-11-19(12-14-21)26(30)32-23-16-15-22(31-3)24(28)25(23)29/h15-16,19-21H,4-14,17-18H2,1-3H3. The van der Waals surface area contributed by atoms with Gasteiger partial charge in [0.2, 0.25) is 11.6 Å². The summed E-state index contributed by atoms with van der Waals surface area (Å²) in [5, 5.41) is 0. The van der Waals surface area contributed by atoms with Crippen molar-refractivity contribution in [2.24, 2.45) is 23.2 Å². The second-order valence-electron chi connectivity index (χ2n) is 9.93. The lowest BCUT2D eigenvalue weighted by molar-refractivity contribution is -0.141. The Balaban J connectivity index is 1.66. The molecular weight excluding hydrogens is 410 g/mol. The van der Waals surface area contributed by atoms with Crippen LogP contribution in [0.2, 0.25) is 0 Å². The maximum absolute atomic E-state index is 14.2. The van der Waals surface area contributed by atoms with Gasteiger partial charge in [-0.05, 0) is 67.9 Å². The van der Waals surface area contributed by atoms with E-state index in [1.807, 2.05) is 0 Å². The second-order valence-corrected chi connectivity index (χ2v) is 9.93. The molecule has 2 saturated carbocycles. The fraction of sp³-hybridized carbons (Fsp3) is 0.741. The average molecular weight is 451 g/mol. The van der Waals surface area contributed by atoms with E-state index in [0.29, 0.717) is 11.3 Å². The Labute approximate surface area is 192 Å². The lowest BCUT2D eigenvalue weighted by Gasteiger charge is -2.51. The van der Waals surface area contributed by atoms with Crippen molar-refractivity contribution in [1.29, 1.82) is 0 Å². The summed E-state index contributed by atoms with van der Waals surface area (Å²) in [7, 11) is 1.27. The van der Waals surface area contributed by atoms with Crippen molar-refractivity contribution in [3.05, 3.63) is 23.8 Å². The molecule has 3 nitrogen and oxygen atoms in total. The van der Waals surface area contributed by atoms with Gasteiger partial charge in [-0.15, -0.1) is 0 Å². The van der Waals surface area contributed by atoms with Gasteiger partial charge in [0.05, 0.1) is 13.0 Å². The minimum absolute atomic E-state index is 0.200. The zero-order valence-electron chi connectivity index (χ0n) is 20.1. The Bertz CT molecular complexity index is 744. The maximum atomic E-state index is 14.2. The number of hydrogen-bond donors (Lipinski definition) is 0. The van der Waals surface area contributed by atoms with Crippen molar-refractivity contribution < 1.29 is 23.0 Å². The fourth-order valence-electron chi connectivity index (χ4n) is 6.62. The number of methoxy groups -OCH3 is 1. The van der Waals surface area contributed by atoms with Crippen molar-refractivity contribution in [3.63, 3.8) is 0 Å². The highest BCUT2D eigenvalue weighted by atomic mass is 19.2. The summed E-state index contributed by atoms with van der Waals surface area (Å²) in [5.41, 5.74) is 0.421. The van der Waals surface area contributed by atoms with Crippen LogP contribution in [0, 0.1) is 34.8 Å². The Kier molecular flexibility index (Phi) is 8.95. The van der Waals surface area contributed by atoms with Gasteiger partial charge in [0.1, 0.15) is 0 Å². The number of esters is 1. The van der Waals surface area contributed by atoms with Crippen LogP contribution in [0.4, 0.5) is 8.78 Å². The SMILES string of the molecule is CCCC(CCC)C1(C2CCC(C(=O)Oc3ccc(OC)c(F)c3F)CC2)CCCCC1. The molecular formula is C27H40F2O3. The summed E-state index contributed by atoms with van der Waals surface area (Å²) >= 11 is 0. The minimum atomic E-state index is -1.17. The van der Waals surface area contributed by atoms with Gasteiger partial charge in [0, 0.05) is 0 Å². The fourth-order valence-corrected chi connectivity index (χ4v) is 6.62. The third-order valence-electron chi connectivity index (χ3n) is 8.19. The predicted molar refractivity (Wildman–Crippen MR) is 123 cm³/mol. The van der Waals surface area contributed by atoms with Gasteiger partial charge in [0.25, 0.3) is 0 Å². The number of ether oxygens (including phenoxy) is 2. The molecule has 0 aromatic heterocycles. The molecule has 0 bridgehead atoms. The van der Waals surface area contributed by atoms with Gasteiger partial charge in [0.15, 0.2) is 11.5 Å². The number of carbonyl (C=O) groups excluding carboxylic acids is 1. The maximum Gasteiger partial charge on any atom is 0.314 e. The highest BCUT2D eigenvalue weighted by Gasteiger charge is 2.46. The van der Waals surface area contributed by atoms with E-state index >= 15 is 0 Å². The molecule has 3 rings (SSSR count). The first kappa shape index (κ1) is 25.0. The van der Waals surface area contributed by atoms with Crippen molar-refractivity contribution in [2.45, 2.75) is 97.3 Å². The highest BCUT2D eigenvalue weighted by Crippen LogP contribution is 2.56. The molecule has 2 aliphatic carbocycles. The molecule has 2 aliphatic rings. The Hall–Kier alpha value is -1.65. The smallest absolute Gasteiger partial charge is 0.314 e. The van der Waals surface area contributed by atoms with E-state index < -0.39 is 17.6 Å². The van der Waals surface area contributed by atoms with Gasteiger partial charge in [-0.1, -0.05) is 58.8 Å². The molecule has 0 aliphatic heterocycles. The van der Waals surface area contributed by atoms with Crippen molar-refractivity contribution in [2.75, 3.05) is 7.11 Å². The summed E-state index contributed by atoms with van der Waals surface area (Å²) in [5.74, 6) is -2.10. The first-order valence-electron chi connectivity index (χ1n) is 12.7. The summed E-state index contributed by atoms with van der Waals surface area (Å²) in [6.45, 7) is 4.60. The van der Waals surface area contributed by atoms with Gasteiger partial charge >= 0.3 is 5.97 Å². The van der Waals surface area contributed by atoms with E-state index in [-0.39, 0.29) is 17.4 Å². The molecule has 5 heteroatoms. The van der Waals surface area contributed by atoms with Crippen LogP contribution in [-0.2, 0) is 4.79 Å². The molecule has 0 N–H and O–H groups in total. The van der Waals surface area contributed by atoms with Crippen LogP contribution in [-0.4, -0.2) is 13.1 Å². The molecule has 0 atom stereocenters. The van der Waals surface area contributed by atoms with Crippen LogP contribution in [0.15, 0.2) is 12.1 Å². The van der Waals surface area contributed by atoms with Crippen molar-refractivity contribution >= 4 is 5.97 Å². The van der Waals surface area contributed by atoms with E-state index in [2.05, 4.69) is 13.8 Å². The van der Waals surface area contributed by atoms with Gasteiger partial charge in [-0.25, -0.2) is 0 Å². The molecule has 0 heterocycles. The topological polar surface area (TPSA) is 35.5 Å². The van der Waals surface area contributed by atoms with Gasteiger partial charge in [-0.2, -0.15) is 8.78 Å². The third-order valence-corrected chi connectivity index (χ3v) is 8.19. The molecule has 180 valence electrons. The molecule has 0 radical (unpaired) electrons. The normalized spacial score (nSPS) is 23.2. The zero-order chi connectivity index (χ0) is 23.1. The number of carbonyl (C=O) groups is 1. The Morgan fingerprint density at radius 1 is 0.969 bits per heavy atom. The van der Waals surface area contributed by atoms with Gasteiger partial charge in [-0.3, -0.25) is 4.79 Å². The van der Waals surface area contributed by atoms with Crippen LogP contribution in [0.25, 0.3) is 0 Å². The molecule has 2 fully saturated rings. The second kappa shape index (κ2) is 11.5. The molecule has 0 saturated heterocycles. The molecule has 0 spiro atoms. The minimum Gasteiger partial charge on any atom is -0.494 e. The highest BCUT2D eigenvalue weighted by molar-refractivity contribution is 5.75. The number of hydrogen-bond acceptors (Lipinski definition) is 3. The summed E-state index contributed by atoms with van der Waals surface area (Å²) < 4.78 is 38.3. The van der Waals surface area contributed by atoms with Crippen LogP contribution in [0.5, 0.6) is 11.5 Å². The number of benzene rings is 1. The molecule has 0 amide bonds. The zero-order valence-corrected chi connectivity index (χ0v) is 20.1.